The molecule has 2 N–H and O–H groups in total. The summed E-state index contributed by atoms with van der Waals surface area (Å²) in [7, 11) is 6.67. The van der Waals surface area contributed by atoms with Crippen LogP contribution in [0.4, 0.5) is 11.6 Å². The molecule has 1 saturated heterocycles. The van der Waals surface area contributed by atoms with Crippen LogP contribution in [0, 0.1) is 11.3 Å². The quantitative estimate of drug-likeness (QED) is 0.107. The van der Waals surface area contributed by atoms with Crippen LogP contribution in [0.25, 0.3) is 0 Å². The molecule has 3 heterocycles. The lowest BCUT2D eigenvalue weighted by Crippen LogP contribution is -2.26. The zero-order valence-electron chi connectivity index (χ0n) is 35.6. The van der Waals surface area contributed by atoms with E-state index in [1.807, 2.05) is 91.0 Å². The summed E-state index contributed by atoms with van der Waals surface area (Å²) in [6, 6.07) is 46.0. The number of nitrogens with two attached hydrogens (primary N) is 1. The number of anilines is 2. The molecule has 0 unspecified atom stereocenters. The first-order chi connectivity index (χ1) is 29.8. The summed E-state index contributed by atoms with van der Waals surface area (Å²) in [5, 5.41) is 9.18. The summed E-state index contributed by atoms with van der Waals surface area (Å²) in [5.74, 6) is 5.06. The summed E-state index contributed by atoms with van der Waals surface area (Å²) in [4.78, 5) is 13.8. The van der Waals surface area contributed by atoms with E-state index in [0.717, 1.165) is 90.6 Å². The van der Waals surface area contributed by atoms with Gasteiger partial charge in [0.25, 0.3) is 0 Å². The number of pyridine rings is 2. The molecule has 0 spiro atoms. The first kappa shape index (κ1) is 44.0. The van der Waals surface area contributed by atoms with Gasteiger partial charge in [-0.05, 0) is 121 Å². The molecular weight excluding hydrogens is 765 g/mol. The van der Waals surface area contributed by atoms with E-state index in [0.29, 0.717) is 18.8 Å². The zero-order valence-corrected chi connectivity index (χ0v) is 35.6. The maximum Gasteiger partial charge on any atom is 0.142 e. The van der Waals surface area contributed by atoms with Gasteiger partial charge in [-0.1, -0.05) is 60.7 Å². The molecule has 4 aromatic carbocycles. The van der Waals surface area contributed by atoms with Crippen LogP contribution in [-0.2, 0) is 36.5 Å². The van der Waals surface area contributed by atoms with Crippen molar-refractivity contribution >= 4 is 11.6 Å². The molecule has 0 amide bonds. The van der Waals surface area contributed by atoms with Crippen LogP contribution in [0.1, 0.15) is 59.3 Å². The van der Waals surface area contributed by atoms with Crippen LogP contribution >= 0.6 is 0 Å². The second-order valence-electron chi connectivity index (χ2n) is 15.0. The van der Waals surface area contributed by atoms with Gasteiger partial charge in [-0.3, -0.25) is 0 Å². The Kier molecular flexibility index (Phi) is 15.9. The number of nitrogens with zero attached hydrogens (tertiary/aromatic N) is 5. The minimum atomic E-state index is -0.248. The molecule has 0 bridgehead atoms. The molecule has 0 radical (unpaired) electrons. The van der Waals surface area contributed by atoms with E-state index in [2.05, 4.69) is 57.3 Å². The first-order valence-corrected chi connectivity index (χ1v) is 20.5. The van der Waals surface area contributed by atoms with Crippen LogP contribution in [0.15, 0.2) is 133 Å². The Morgan fingerprint density at radius 1 is 0.541 bits per heavy atom. The molecule has 0 atom stereocenters. The van der Waals surface area contributed by atoms with Gasteiger partial charge in [0.2, 0.25) is 0 Å². The van der Waals surface area contributed by atoms with Crippen molar-refractivity contribution in [3.8, 4) is 29.1 Å². The minimum absolute atomic E-state index is 0.248. The average Bonchev–Trinajstić information content (AvgIpc) is 3.77. The van der Waals surface area contributed by atoms with Crippen molar-refractivity contribution < 1.29 is 23.7 Å². The predicted molar refractivity (Wildman–Crippen MR) is 240 cm³/mol. The second-order valence-corrected chi connectivity index (χ2v) is 15.0. The predicted octanol–water partition coefficient (Wildman–Crippen LogP) is 9.23. The van der Waals surface area contributed by atoms with Gasteiger partial charge in [0.15, 0.2) is 0 Å². The van der Waals surface area contributed by atoms with Gasteiger partial charge in [0, 0.05) is 39.4 Å². The van der Waals surface area contributed by atoms with E-state index < -0.39 is 0 Å². The molecular formula is C50H56N6O5. The summed E-state index contributed by atoms with van der Waals surface area (Å²) in [6.07, 6.45) is 4.56. The van der Waals surface area contributed by atoms with Crippen LogP contribution in [0.5, 0.6) is 23.0 Å². The maximum atomic E-state index is 9.18. The van der Waals surface area contributed by atoms with E-state index in [4.69, 9.17) is 34.4 Å². The van der Waals surface area contributed by atoms with E-state index in [1.165, 1.54) is 24.0 Å². The Labute approximate surface area is 360 Å². The lowest BCUT2D eigenvalue weighted by atomic mass is 10.1. The third-order valence-electron chi connectivity index (χ3n) is 10.5. The van der Waals surface area contributed by atoms with Crippen molar-refractivity contribution in [3.05, 3.63) is 167 Å². The third kappa shape index (κ3) is 13.2. The molecule has 11 nitrogen and oxygen atoms in total. The topological polar surface area (TPSA) is 128 Å². The molecule has 2 aliphatic rings. The van der Waals surface area contributed by atoms with Crippen LogP contribution in [-0.4, -0.2) is 51.6 Å². The zero-order chi connectivity index (χ0) is 42.9. The lowest BCUT2D eigenvalue weighted by Gasteiger charge is -2.25. The fourth-order valence-electron chi connectivity index (χ4n) is 6.68. The van der Waals surface area contributed by atoms with Crippen molar-refractivity contribution in [2.75, 3.05) is 51.5 Å². The van der Waals surface area contributed by atoms with Gasteiger partial charge in [0.05, 0.1) is 39.7 Å². The van der Waals surface area contributed by atoms with E-state index in [1.54, 1.807) is 34.5 Å². The summed E-state index contributed by atoms with van der Waals surface area (Å²) < 4.78 is 26.0. The van der Waals surface area contributed by atoms with Gasteiger partial charge < -0.3 is 39.2 Å². The fourth-order valence-corrected chi connectivity index (χ4v) is 6.68. The van der Waals surface area contributed by atoms with Crippen molar-refractivity contribution in [1.29, 1.82) is 5.26 Å². The largest absolute Gasteiger partial charge is 0.497 e. The fraction of sp³-hybridized carbons (Fsp3) is 0.300. The Morgan fingerprint density at radius 3 is 1.21 bits per heavy atom. The standard InChI is InChI=1S/C24H27N3O2.C22H21N3O2.C4H8O/c1-28-20-10-6-18(7-11-20)16-27(17-19-8-12-21(29-2)13-9-19)23-5-3-4-22(26-23)24(25)14-15-24;1-26-20-10-6-17(7-11-20)15-25(22-5-3-4-19(14-23)24-22)16-18-8-12-21(27-2)13-9-18;1-2-4-5-3-1/h3-13H,14-17,25H2,1-2H3;3-13H,15-16H2,1-2H3;1-4H2. The molecule has 1 saturated carbocycles. The highest BCUT2D eigenvalue weighted by molar-refractivity contribution is 5.46. The van der Waals surface area contributed by atoms with Gasteiger partial charge in [0.1, 0.15) is 46.4 Å². The summed E-state index contributed by atoms with van der Waals surface area (Å²) in [6.45, 7) is 4.81. The molecule has 61 heavy (non-hydrogen) atoms. The molecule has 316 valence electrons. The van der Waals surface area contributed by atoms with Gasteiger partial charge in [-0.15, -0.1) is 0 Å². The van der Waals surface area contributed by atoms with E-state index >= 15 is 0 Å². The van der Waals surface area contributed by atoms with Gasteiger partial charge in [-0.25, -0.2) is 9.97 Å². The lowest BCUT2D eigenvalue weighted by molar-refractivity contribution is 0.198. The monoisotopic (exact) mass is 820 g/mol. The molecule has 1 aliphatic heterocycles. The number of ether oxygens (including phenoxy) is 5. The van der Waals surface area contributed by atoms with Gasteiger partial charge in [-0.2, -0.15) is 5.26 Å². The number of hydrogen-bond acceptors (Lipinski definition) is 11. The first-order valence-electron chi connectivity index (χ1n) is 20.5. The third-order valence-corrected chi connectivity index (χ3v) is 10.5. The maximum absolute atomic E-state index is 9.18. The number of nitriles is 1. The highest BCUT2D eigenvalue weighted by Crippen LogP contribution is 2.42. The number of rotatable bonds is 15. The van der Waals surface area contributed by atoms with Gasteiger partial charge >= 0.3 is 0 Å². The van der Waals surface area contributed by atoms with Crippen molar-refractivity contribution in [1.82, 2.24) is 9.97 Å². The van der Waals surface area contributed by atoms with E-state index in [-0.39, 0.29) is 5.54 Å². The molecule has 8 rings (SSSR count). The number of benzene rings is 4. The van der Waals surface area contributed by atoms with Crippen LogP contribution in [0.3, 0.4) is 0 Å². The molecule has 6 aromatic rings. The van der Waals surface area contributed by atoms with Crippen molar-refractivity contribution in [3.63, 3.8) is 0 Å². The minimum Gasteiger partial charge on any atom is -0.497 e. The molecule has 2 fully saturated rings. The Hall–Kier alpha value is -6.61. The molecule has 1 aliphatic carbocycles. The number of aromatic nitrogens is 2. The summed E-state index contributed by atoms with van der Waals surface area (Å²) in [5.41, 5.74) is 12.2. The smallest absolute Gasteiger partial charge is 0.142 e. The van der Waals surface area contributed by atoms with Crippen molar-refractivity contribution in [2.24, 2.45) is 5.73 Å². The Bertz CT molecular complexity index is 2170. The van der Waals surface area contributed by atoms with Crippen LogP contribution < -0.4 is 34.5 Å². The normalized spacial score (nSPS) is 13.2. The Balaban J connectivity index is 0.000000183. The highest BCUT2D eigenvalue weighted by Gasteiger charge is 2.41. The van der Waals surface area contributed by atoms with Crippen molar-refractivity contribution in [2.45, 2.75) is 57.4 Å². The average molecular weight is 821 g/mol. The van der Waals surface area contributed by atoms with Crippen LogP contribution in [0.2, 0.25) is 0 Å². The SMILES string of the molecule is C1CCOC1.COc1ccc(CN(Cc2ccc(OC)cc2)c2cccc(C#N)n2)cc1.COc1ccc(CN(Cc2ccc(OC)cc2)c2cccc(C3(N)CC3)n2)cc1. The van der Waals surface area contributed by atoms with E-state index in [9.17, 15) is 5.26 Å². The number of methoxy groups -OCH3 is 4. The summed E-state index contributed by atoms with van der Waals surface area (Å²) >= 11 is 0. The Morgan fingerprint density at radius 2 is 0.902 bits per heavy atom. The molecule has 11 heteroatoms. The molecule has 2 aromatic heterocycles. The highest BCUT2D eigenvalue weighted by atomic mass is 16.5. The second kappa shape index (κ2) is 22.1. The number of hydrogen-bond donors (Lipinski definition) is 1.